The summed E-state index contributed by atoms with van der Waals surface area (Å²) in [7, 11) is 1.58. The van der Waals surface area contributed by atoms with Crippen molar-refractivity contribution in [3.63, 3.8) is 0 Å². The van der Waals surface area contributed by atoms with E-state index in [0.29, 0.717) is 11.5 Å². The average molecular weight is 297 g/mol. The maximum Gasteiger partial charge on any atom is 0.317 e. The van der Waals surface area contributed by atoms with Crippen molar-refractivity contribution in [2.75, 3.05) is 7.11 Å². The van der Waals surface area contributed by atoms with E-state index in [1.807, 2.05) is 30.3 Å². The predicted molar refractivity (Wildman–Crippen MR) is 80.9 cm³/mol. The second-order valence-corrected chi connectivity index (χ2v) is 4.96. The van der Waals surface area contributed by atoms with Crippen LogP contribution in [0.4, 0.5) is 0 Å². The quantitative estimate of drug-likeness (QED) is 0.942. The van der Waals surface area contributed by atoms with E-state index in [4.69, 9.17) is 9.57 Å². The molecule has 0 unspecified atom stereocenters. The Balaban J connectivity index is 1.92. The summed E-state index contributed by atoms with van der Waals surface area (Å²) in [6.07, 6.45) is -0.640. The van der Waals surface area contributed by atoms with Crippen LogP contribution in [0.2, 0.25) is 0 Å². The third-order valence-corrected chi connectivity index (χ3v) is 3.64. The van der Waals surface area contributed by atoms with Gasteiger partial charge in [-0.15, -0.1) is 0 Å². The van der Waals surface area contributed by atoms with Crippen LogP contribution >= 0.6 is 0 Å². The zero-order valence-corrected chi connectivity index (χ0v) is 12.0. The van der Waals surface area contributed by atoms with Crippen LogP contribution in [0.5, 0.6) is 5.75 Å². The number of carboxylic acid groups (broad SMARTS) is 1. The number of benzene rings is 2. The lowest BCUT2D eigenvalue weighted by atomic mass is 9.89. The molecule has 1 aliphatic rings. The number of oxime groups is 1. The normalized spacial score (nSPS) is 20.1. The van der Waals surface area contributed by atoms with Crippen LogP contribution in [0, 0.1) is 5.92 Å². The number of aliphatic carboxylic acids is 1. The fraction of sp³-hybridized carbons (Fsp3) is 0.176. The Morgan fingerprint density at radius 3 is 2.41 bits per heavy atom. The minimum atomic E-state index is -0.957. The third-order valence-electron chi connectivity index (χ3n) is 3.64. The van der Waals surface area contributed by atoms with Crippen molar-refractivity contribution in [3.05, 3.63) is 65.7 Å². The summed E-state index contributed by atoms with van der Waals surface area (Å²) in [5.74, 6) is -1.09. The molecule has 0 bridgehead atoms. The van der Waals surface area contributed by atoms with Gasteiger partial charge in [-0.2, -0.15) is 0 Å². The van der Waals surface area contributed by atoms with Gasteiger partial charge in [0, 0.05) is 5.56 Å². The van der Waals surface area contributed by atoms with E-state index >= 15 is 0 Å². The van der Waals surface area contributed by atoms with Crippen LogP contribution in [0.3, 0.4) is 0 Å². The fourth-order valence-electron chi connectivity index (χ4n) is 2.51. The molecule has 1 aliphatic heterocycles. The molecule has 1 N–H and O–H groups in total. The molecule has 22 heavy (non-hydrogen) atoms. The van der Waals surface area contributed by atoms with Crippen LogP contribution < -0.4 is 4.74 Å². The van der Waals surface area contributed by atoms with Crippen LogP contribution in [0.25, 0.3) is 0 Å². The van der Waals surface area contributed by atoms with E-state index in [9.17, 15) is 9.90 Å². The molecule has 2 aromatic carbocycles. The maximum atomic E-state index is 11.7. The van der Waals surface area contributed by atoms with Gasteiger partial charge in [-0.1, -0.05) is 47.6 Å². The number of methoxy groups -OCH3 is 1. The number of rotatable bonds is 4. The standard InChI is InChI=1S/C17H15NO4/c1-21-13-9-7-12(8-10-13)16-14(17(19)20)15(18-22-16)11-5-3-2-4-6-11/h2-10,14,16H,1H3,(H,19,20)/t14-,16-/m0/s1. The molecule has 3 rings (SSSR count). The lowest BCUT2D eigenvalue weighted by Crippen LogP contribution is -2.26. The molecule has 2 atom stereocenters. The number of hydrogen-bond acceptors (Lipinski definition) is 4. The molecular weight excluding hydrogens is 282 g/mol. The molecule has 112 valence electrons. The number of carbonyl (C=O) groups is 1. The lowest BCUT2D eigenvalue weighted by Gasteiger charge is -2.15. The summed E-state index contributed by atoms with van der Waals surface area (Å²) >= 11 is 0. The van der Waals surface area contributed by atoms with Crippen molar-refractivity contribution in [2.45, 2.75) is 6.10 Å². The summed E-state index contributed by atoms with van der Waals surface area (Å²) in [6.45, 7) is 0. The van der Waals surface area contributed by atoms with Crippen molar-refractivity contribution in [1.82, 2.24) is 0 Å². The van der Waals surface area contributed by atoms with Crippen LogP contribution in [-0.2, 0) is 9.63 Å². The molecule has 0 spiro atoms. The van der Waals surface area contributed by atoms with Gasteiger partial charge < -0.3 is 14.7 Å². The zero-order valence-electron chi connectivity index (χ0n) is 12.0. The lowest BCUT2D eigenvalue weighted by molar-refractivity contribution is -0.142. The number of carboxylic acids is 1. The Kier molecular flexibility index (Phi) is 3.78. The highest BCUT2D eigenvalue weighted by molar-refractivity contribution is 6.12. The molecule has 0 radical (unpaired) electrons. The van der Waals surface area contributed by atoms with Gasteiger partial charge in [0.05, 0.1) is 7.11 Å². The van der Waals surface area contributed by atoms with Gasteiger partial charge >= 0.3 is 5.97 Å². The van der Waals surface area contributed by atoms with Crippen LogP contribution in [0.15, 0.2) is 59.8 Å². The minimum absolute atomic E-state index is 0.439. The fourth-order valence-corrected chi connectivity index (χ4v) is 2.51. The Labute approximate surface area is 127 Å². The van der Waals surface area contributed by atoms with Gasteiger partial charge in [-0.05, 0) is 17.7 Å². The van der Waals surface area contributed by atoms with E-state index < -0.39 is 18.0 Å². The zero-order chi connectivity index (χ0) is 15.5. The van der Waals surface area contributed by atoms with Gasteiger partial charge in [0.25, 0.3) is 0 Å². The molecular formula is C17H15NO4. The van der Waals surface area contributed by atoms with E-state index in [1.54, 1.807) is 31.4 Å². The highest BCUT2D eigenvalue weighted by Crippen LogP contribution is 2.35. The molecule has 0 fully saturated rings. The largest absolute Gasteiger partial charge is 0.497 e. The summed E-state index contributed by atoms with van der Waals surface area (Å²) in [5.41, 5.74) is 1.95. The predicted octanol–water partition coefficient (Wildman–Crippen LogP) is 2.87. The Morgan fingerprint density at radius 1 is 1.14 bits per heavy atom. The van der Waals surface area contributed by atoms with Crippen molar-refractivity contribution < 1.29 is 19.5 Å². The number of ether oxygens (including phenoxy) is 1. The van der Waals surface area contributed by atoms with Crippen LogP contribution in [-0.4, -0.2) is 23.9 Å². The molecule has 0 aromatic heterocycles. The Hall–Kier alpha value is -2.82. The van der Waals surface area contributed by atoms with E-state index in [2.05, 4.69) is 5.16 Å². The van der Waals surface area contributed by atoms with E-state index in [-0.39, 0.29) is 0 Å². The molecule has 2 aromatic rings. The van der Waals surface area contributed by atoms with Crippen molar-refractivity contribution in [3.8, 4) is 5.75 Å². The highest BCUT2D eigenvalue weighted by atomic mass is 16.6. The van der Waals surface area contributed by atoms with Crippen molar-refractivity contribution >= 4 is 11.7 Å². The summed E-state index contributed by atoms with van der Waals surface area (Å²) in [6, 6.07) is 16.4. The first-order chi connectivity index (χ1) is 10.7. The van der Waals surface area contributed by atoms with Crippen LogP contribution in [0.1, 0.15) is 17.2 Å². The van der Waals surface area contributed by atoms with E-state index in [0.717, 1.165) is 11.1 Å². The average Bonchev–Trinajstić information content (AvgIpc) is 3.01. The number of nitrogens with zero attached hydrogens (tertiary/aromatic N) is 1. The second kappa shape index (κ2) is 5.89. The van der Waals surface area contributed by atoms with Gasteiger partial charge in [-0.25, -0.2) is 0 Å². The Morgan fingerprint density at radius 2 is 1.82 bits per heavy atom. The molecule has 1 heterocycles. The summed E-state index contributed by atoms with van der Waals surface area (Å²) in [4.78, 5) is 17.1. The third kappa shape index (κ3) is 2.53. The molecule has 0 saturated heterocycles. The van der Waals surface area contributed by atoms with Gasteiger partial charge in [0.2, 0.25) is 0 Å². The van der Waals surface area contributed by atoms with Gasteiger partial charge in [-0.3, -0.25) is 4.79 Å². The van der Waals surface area contributed by atoms with Gasteiger partial charge in [0.1, 0.15) is 17.4 Å². The first-order valence-corrected chi connectivity index (χ1v) is 6.86. The molecule has 0 aliphatic carbocycles. The Bertz CT molecular complexity index is 694. The monoisotopic (exact) mass is 297 g/mol. The van der Waals surface area contributed by atoms with Crippen molar-refractivity contribution in [1.29, 1.82) is 0 Å². The van der Waals surface area contributed by atoms with E-state index in [1.165, 1.54) is 0 Å². The molecule has 0 saturated carbocycles. The molecule has 5 heteroatoms. The summed E-state index contributed by atoms with van der Waals surface area (Å²) < 4.78 is 5.11. The first-order valence-electron chi connectivity index (χ1n) is 6.86. The SMILES string of the molecule is COc1ccc([C@@H]2ON=C(c3ccccc3)[C@@H]2C(=O)O)cc1. The molecule has 5 nitrogen and oxygen atoms in total. The maximum absolute atomic E-state index is 11.7. The molecule has 0 amide bonds. The van der Waals surface area contributed by atoms with Crippen molar-refractivity contribution in [2.24, 2.45) is 11.1 Å². The second-order valence-electron chi connectivity index (χ2n) is 4.96. The topological polar surface area (TPSA) is 68.1 Å². The minimum Gasteiger partial charge on any atom is -0.497 e. The first kappa shape index (κ1) is 14.1. The highest BCUT2D eigenvalue weighted by Gasteiger charge is 2.41. The number of hydrogen-bond donors (Lipinski definition) is 1. The smallest absolute Gasteiger partial charge is 0.317 e. The van der Waals surface area contributed by atoms with Gasteiger partial charge in [0.15, 0.2) is 6.10 Å². The summed E-state index contributed by atoms with van der Waals surface area (Å²) in [5, 5.41) is 13.6.